The molecular formula is C15H16ClNO. The van der Waals surface area contributed by atoms with Gasteiger partial charge < -0.3 is 5.32 Å². The van der Waals surface area contributed by atoms with Gasteiger partial charge in [0.05, 0.1) is 0 Å². The normalized spacial score (nSPS) is 12.3. The topological polar surface area (TPSA) is 29.1 Å². The van der Waals surface area contributed by atoms with E-state index in [2.05, 4.69) is 23.5 Å². The molecule has 0 saturated heterocycles. The van der Waals surface area contributed by atoms with Gasteiger partial charge in [0.2, 0.25) is 5.91 Å². The molecule has 2 aromatic carbocycles. The number of halogens is 1. The number of hydrogen-bond acceptors (Lipinski definition) is 1. The second-order valence-electron chi connectivity index (χ2n) is 4.41. The summed E-state index contributed by atoms with van der Waals surface area (Å²) < 4.78 is 0. The first-order valence-corrected chi connectivity index (χ1v) is 6.56. The van der Waals surface area contributed by atoms with Crippen molar-refractivity contribution < 1.29 is 4.79 Å². The number of benzene rings is 2. The zero-order chi connectivity index (χ0) is 13.0. The SMILES string of the molecule is CC(CCl)C(=O)NCc1cccc2ccccc12. The predicted molar refractivity (Wildman–Crippen MR) is 75.7 cm³/mol. The lowest BCUT2D eigenvalue weighted by Gasteiger charge is -2.11. The van der Waals surface area contributed by atoms with E-state index in [1.54, 1.807) is 0 Å². The monoisotopic (exact) mass is 261 g/mol. The van der Waals surface area contributed by atoms with Crippen molar-refractivity contribution in [1.82, 2.24) is 5.32 Å². The fourth-order valence-electron chi connectivity index (χ4n) is 1.87. The van der Waals surface area contributed by atoms with E-state index in [1.165, 1.54) is 10.8 Å². The number of hydrogen-bond donors (Lipinski definition) is 1. The molecule has 0 saturated carbocycles. The minimum Gasteiger partial charge on any atom is -0.352 e. The molecule has 1 atom stereocenters. The van der Waals surface area contributed by atoms with Gasteiger partial charge in [-0.15, -0.1) is 11.6 Å². The Hall–Kier alpha value is -1.54. The number of alkyl halides is 1. The summed E-state index contributed by atoms with van der Waals surface area (Å²) in [6.45, 7) is 2.37. The highest BCUT2D eigenvalue weighted by Crippen LogP contribution is 2.18. The molecule has 2 nitrogen and oxygen atoms in total. The first kappa shape index (κ1) is 12.9. The van der Waals surface area contributed by atoms with Crippen LogP contribution >= 0.6 is 11.6 Å². The highest BCUT2D eigenvalue weighted by Gasteiger charge is 2.11. The maximum atomic E-state index is 11.7. The molecule has 1 N–H and O–H groups in total. The third kappa shape index (κ3) is 2.82. The van der Waals surface area contributed by atoms with Crippen molar-refractivity contribution in [3.8, 4) is 0 Å². The van der Waals surface area contributed by atoms with Gasteiger partial charge in [0.1, 0.15) is 0 Å². The van der Waals surface area contributed by atoms with Gasteiger partial charge >= 0.3 is 0 Å². The number of rotatable bonds is 4. The lowest BCUT2D eigenvalue weighted by molar-refractivity contribution is -0.124. The fourth-order valence-corrected chi connectivity index (χ4v) is 2.01. The Morgan fingerprint density at radius 3 is 2.72 bits per heavy atom. The van der Waals surface area contributed by atoms with Crippen molar-refractivity contribution in [1.29, 1.82) is 0 Å². The molecule has 0 aliphatic heterocycles. The molecule has 2 rings (SSSR count). The molecule has 0 aliphatic carbocycles. The van der Waals surface area contributed by atoms with Crippen molar-refractivity contribution in [2.75, 3.05) is 5.88 Å². The van der Waals surface area contributed by atoms with Crippen LogP contribution in [0.15, 0.2) is 42.5 Å². The van der Waals surface area contributed by atoms with Crippen LogP contribution in [0.5, 0.6) is 0 Å². The summed E-state index contributed by atoms with van der Waals surface area (Å²) in [6.07, 6.45) is 0. The van der Waals surface area contributed by atoms with Gasteiger partial charge in [0.15, 0.2) is 0 Å². The maximum absolute atomic E-state index is 11.7. The minimum absolute atomic E-state index is 0.00191. The van der Waals surface area contributed by atoms with Crippen molar-refractivity contribution in [3.05, 3.63) is 48.0 Å². The zero-order valence-electron chi connectivity index (χ0n) is 10.3. The fraction of sp³-hybridized carbons (Fsp3) is 0.267. The average molecular weight is 262 g/mol. The smallest absolute Gasteiger partial charge is 0.224 e. The third-order valence-corrected chi connectivity index (χ3v) is 3.47. The summed E-state index contributed by atoms with van der Waals surface area (Å²) in [7, 11) is 0. The van der Waals surface area contributed by atoms with E-state index in [-0.39, 0.29) is 11.8 Å². The Labute approximate surface area is 112 Å². The van der Waals surface area contributed by atoms with Crippen molar-refractivity contribution in [2.45, 2.75) is 13.5 Å². The van der Waals surface area contributed by atoms with Gasteiger partial charge in [0, 0.05) is 18.3 Å². The van der Waals surface area contributed by atoms with Crippen LogP contribution in [0.2, 0.25) is 0 Å². The maximum Gasteiger partial charge on any atom is 0.224 e. The minimum atomic E-state index is -0.151. The Morgan fingerprint density at radius 1 is 1.22 bits per heavy atom. The second-order valence-corrected chi connectivity index (χ2v) is 4.72. The largest absolute Gasteiger partial charge is 0.352 e. The Morgan fingerprint density at radius 2 is 1.94 bits per heavy atom. The number of carbonyl (C=O) groups is 1. The number of amides is 1. The van der Waals surface area contributed by atoms with E-state index < -0.39 is 0 Å². The lowest BCUT2D eigenvalue weighted by Crippen LogP contribution is -2.29. The highest BCUT2D eigenvalue weighted by molar-refractivity contribution is 6.19. The predicted octanol–water partition coefficient (Wildman–Crippen LogP) is 3.33. The van der Waals surface area contributed by atoms with Crippen LogP contribution < -0.4 is 5.32 Å². The molecule has 1 amide bonds. The van der Waals surface area contributed by atoms with Gasteiger partial charge in [-0.1, -0.05) is 49.4 Å². The molecular weight excluding hydrogens is 246 g/mol. The standard InChI is InChI=1S/C15H16ClNO/c1-11(9-16)15(18)17-10-13-7-4-6-12-5-2-3-8-14(12)13/h2-8,11H,9-10H2,1H3,(H,17,18). The summed E-state index contributed by atoms with van der Waals surface area (Å²) in [5.41, 5.74) is 1.13. The quantitative estimate of drug-likeness (QED) is 0.841. The lowest BCUT2D eigenvalue weighted by atomic mass is 10.0. The van der Waals surface area contributed by atoms with Crippen LogP contribution in [0.3, 0.4) is 0 Å². The van der Waals surface area contributed by atoms with E-state index in [4.69, 9.17) is 11.6 Å². The van der Waals surface area contributed by atoms with Gasteiger partial charge in [-0.3, -0.25) is 4.79 Å². The van der Waals surface area contributed by atoms with Crippen molar-refractivity contribution in [3.63, 3.8) is 0 Å². The molecule has 0 heterocycles. The Bertz CT molecular complexity index is 548. The molecule has 18 heavy (non-hydrogen) atoms. The van der Waals surface area contributed by atoms with E-state index in [9.17, 15) is 4.79 Å². The van der Waals surface area contributed by atoms with Gasteiger partial charge in [-0.05, 0) is 16.3 Å². The Balaban J connectivity index is 2.15. The van der Waals surface area contributed by atoms with Crippen molar-refractivity contribution >= 4 is 28.3 Å². The third-order valence-electron chi connectivity index (χ3n) is 3.01. The summed E-state index contributed by atoms with van der Waals surface area (Å²) in [5, 5.41) is 5.29. The van der Waals surface area contributed by atoms with Crippen LogP contribution in [0.25, 0.3) is 10.8 Å². The first-order valence-electron chi connectivity index (χ1n) is 6.02. The van der Waals surface area contributed by atoms with Crippen LogP contribution in [-0.2, 0) is 11.3 Å². The molecule has 0 bridgehead atoms. The molecule has 0 fully saturated rings. The zero-order valence-corrected chi connectivity index (χ0v) is 11.1. The van der Waals surface area contributed by atoms with Gasteiger partial charge in [0.25, 0.3) is 0 Å². The van der Waals surface area contributed by atoms with Crippen molar-refractivity contribution in [2.24, 2.45) is 5.92 Å². The van der Waals surface area contributed by atoms with E-state index in [1.807, 2.05) is 31.2 Å². The molecule has 2 aromatic rings. The van der Waals surface area contributed by atoms with Crippen LogP contribution in [-0.4, -0.2) is 11.8 Å². The number of carbonyl (C=O) groups excluding carboxylic acids is 1. The van der Waals surface area contributed by atoms with Gasteiger partial charge in [-0.2, -0.15) is 0 Å². The molecule has 0 spiro atoms. The highest BCUT2D eigenvalue weighted by atomic mass is 35.5. The summed E-state index contributed by atoms with van der Waals surface area (Å²) in [6, 6.07) is 14.3. The molecule has 3 heteroatoms. The number of nitrogens with one attached hydrogen (secondary N) is 1. The van der Waals surface area contributed by atoms with E-state index in [0.717, 1.165) is 5.56 Å². The number of fused-ring (bicyclic) bond motifs is 1. The second kappa shape index (κ2) is 5.87. The molecule has 1 unspecified atom stereocenters. The molecule has 0 aromatic heterocycles. The average Bonchev–Trinajstić information content (AvgIpc) is 2.43. The van der Waals surface area contributed by atoms with Crippen LogP contribution in [0.4, 0.5) is 0 Å². The Kier molecular flexibility index (Phi) is 4.21. The van der Waals surface area contributed by atoms with Crippen LogP contribution in [0, 0.1) is 5.92 Å². The molecule has 94 valence electrons. The van der Waals surface area contributed by atoms with E-state index in [0.29, 0.717) is 12.4 Å². The first-order chi connectivity index (χ1) is 8.72. The summed E-state index contributed by atoms with van der Waals surface area (Å²) >= 11 is 5.66. The van der Waals surface area contributed by atoms with Crippen LogP contribution in [0.1, 0.15) is 12.5 Å². The summed E-state index contributed by atoms with van der Waals surface area (Å²) in [5.74, 6) is 0.195. The van der Waals surface area contributed by atoms with E-state index >= 15 is 0 Å². The molecule has 0 radical (unpaired) electrons. The molecule has 0 aliphatic rings. The summed E-state index contributed by atoms with van der Waals surface area (Å²) in [4.78, 5) is 11.7. The van der Waals surface area contributed by atoms with Gasteiger partial charge in [-0.25, -0.2) is 0 Å².